The van der Waals surface area contributed by atoms with Gasteiger partial charge in [0, 0.05) is 38.5 Å². The fourth-order valence-corrected chi connectivity index (χ4v) is 3.28. The van der Waals surface area contributed by atoms with Crippen LogP contribution in [-0.2, 0) is 19.1 Å². The van der Waals surface area contributed by atoms with Crippen LogP contribution in [0.4, 0.5) is 13.2 Å². The number of hydrogen-bond donors (Lipinski definition) is 1. The minimum atomic E-state index is -4.40. The lowest BCUT2D eigenvalue weighted by Gasteiger charge is -2.22. The van der Waals surface area contributed by atoms with Gasteiger partial charge in [0.05, 0.1) is 11.6 Å². The molecule has 0 aliphatic carbocycles. The number of nitrogens with one attached hydrogen (secondary N) is 1. The lowest BCUT2D eigenvalue weighted by Crippen LogP contribution is -2.38. The van der Waals surface area contributed by atoms with E-state index in [1.165, 1.54) is 0 Å². The Kier molecular flexibility index (Phi) is 10.7. The maximum atomic E-state index is 12.6. The predicted octanol–water partition coefficient (Wildman–Crippen LogP) is 4.82. The van der Waals surface area contributed by atoms with E-state index < -0.39 is 11.9 Å². The number of hydrogen-bond acceptors (Lipinski definition) is 4. The average molecular weight is 542 g/mol. The number of benzene rings is 1. The Hall–Kier alpha value is -1.56. The minimum Gasteiger partial charge on any atom is -0.494 e. The van der Waals surface area contributed by atoms with Gasteiger partial charge in [-0.2, -0.15) is 13.2 Å². The summed E-state index contributed by atoms with van der Waals surface area (Å²) in [6, 6.07) is 7.85. The summed E-state index contributed by atoms with van der Waals surface area (Å²) in [5.41, 5.74) is 0.266. The molecule has 0 unspecified atom stereocenters. The van der Waals surface area contributed by atoms with Crippen molar-refractivity contribution in [3.63, 3.8) is 0 Å². The highest BCUT2D eigenvalue weighted by Gasteiger charge is 2.33. The number of nitrogens with zero attached hydrogens (tertiary/aromatic N) is 3. The average Bonchev–Trinajstić information content (AvgIpc) is 3.12. The molecule has 0 fully saturated rings. The lowest BCUT2D eigenvalue weighted by atomic mass is 10.2. The van der Waals surface area contributed by atoms with Crippen LogP contribution in [0.1, 0.15) is 30.1 Å². The second-order valence-electron chi connectivity index (χ2n) is 6.04. The fraction of sp³-hybridized carbons (Fsp3) is 0.474. The standard InChI is InChI=1S/C19H25F3N4OS.HI/c1-4-23-18(24-11-10-17-25-16(13-28-17)19(20,21)22)26(3)12-14-6-8-15(9-7-14)27-5-2;/h6-9,13H,4-5,10-12H2,1-3H3,(H,23,24);1H. The van der Waals surface area contributed by atoms with Crippen LogP contribution in [-0.4, -0.2) is 42.6 Å². The summed E-state index contributed by atoms with van der Waals surface area (Å²) in [5, 5.41) is 4.68. The van der Waals surface area contributed by atoms with E-state index in [1.54, 1.807) is 0 Å². The quantitative estimate of drug-likeness (QED) is 0.296. The molecule has 0 aliphatic rings. The van der Waals surface area contributed by atoms with E-state index in [2.05, 4.69) is 15.3 Å². The molecule has 0 atom stereocenters. The molecule has 0 spiro atoms. The van der Waals surface area contributed by atoms with Gasteiger partial charge in [0.25, 0.3) is 0 Å². The first-order valence-electron chi connectivity index (χ1n) is 9.06. The van der Waals surface area contributed by atoms with Crippen molar-refractivity contribution >= 4 is 41.3 Å². The molecule has 0 saturated heterocycles. The predicted molar refractivity (Wildman–Crippen MR) is 121 cm³/mol. The van der Waals surface area contributed by atoms with Crippen molar-refractivity contribution in [3.8, 4) is 5.75 Å². The van der Waals surface area contributed by atoms with Gasteiger partial charge >= 0.3 is 6.18 Å². The van der Waals surface area contributed by atoms with Gasteiger partial charge in [0.15, 0.2) is 11.7 Å². The molecule has 2 aromatic rings. The van der Waals surface area contributed by atoms with Crippen LogP contribution in [0.25, 0.3) is 0 Å². The van der Waals surface area contributed by atoms with E-state index in [0.717, 1.165) is 28.0 Å². The van der Waals surface area contributed by atoms with Crippen molar-refractivity contribution in [2.75, 3.05) is 26.7 Å². The minimum absolute atomic E-state index is 0. The number of halogens is 4. The van der Waals surface area contributed by atoms with Crippen molar-refractivity contribution in [1.82, 2.24) is 15.2 Å². The van der Waals surface area contributed by atoms with Crippen LogP contribution >= 0.6 is 35.3 Å². The van der Waals surface area contributed by atoms with E-state index in [9.17, 15) is 13.2 Å². The molecular formula is C19H26F3IN4OS. The van der Waals surface area contributed by atoms with Gasteiger partial charge < -0.3 is 15.0 Å². The number of guanidine groups is 1. The molecule has 10 heteroatoms. The molecular weight excluding hydrogens is 516 g/mol. The molecule has 0 bridgehead atoms. The smallest absolute Gasteiger partial charge is 0.434 e. The van der Waals surface area contributed by atoms with Gasteiger partial charge in [-0.15, -0.1) is 35.3 Å². The molecule has 1 aromatic heterocycles. The molecule has 0 radical (unpaired) electrons. The van der Waals surface area contributed by atoms with Gasteiger partial charge in [0.2, 0.25) is 0 Å². The van der Waals surface area contributed by atoms with E-state index in [4.69, 9.17) is 4.74 Å². The van der Waals surface area contributed by atoms with Gasteiger partial charge in [-0.1, -0.05) is 12.1 Å². The third-order valence-corrected chi connectivity index (χ3v) is 4.69. The molecule has 1 aromatic carbocycles. The topological polar surface area (TPSA) is 49.8 Å². The highest BCUT2D eigenvalue weighted by molar-refractivity contribution is 14.0. The third-order valence-electron chi connectivity index (χ3n) is 3.78. The molecule has 1 heterocycles. The van der Waals surface area contributed by atoms with Crippen LogP contribution in [0.5, 0.6) is 5.75 Å². The van der Waals surface area contributed by atoms with Crippen LogP contribution in [0.15, 0.2) is 34.6 Å². The summed E-state index contributed by atoms with van der Waals surface area (Å²) in [4.78, 5) is 10.1. The van der Waals surface area contributed by atoms with Gasteiger partial charge in [0.1, 0.15) is 5.75 Å². The van der Waals surface area contributed by atoms with Crippen molar-refractivity contribution in [2.45, 2.75) is 33.0 Å². The first-order chi connectivity index (χ1) is 13.3. The van der Waals surface area contributed by atoms with Crippen LogP contribution in [0.3, 0.4) is 0 Å². The molecule has 1 N–H and O–H groups in total. The summed E-state index contributed by atoms with van der Waals surface area (Å²) < 4.78 is 43.3. The Balaban J connectivity index is 0.00000420. The van der Waals surface area contributed by atoms with Crippen molar-refractivity contribution in [3.05, 3.63) is 45.9 Å². The zero-order valence-electron chi connectivity index (χ0n) is 16.6. The maximum absolute atomic E-state index is 12.6. The molecule has 0 saturated carbocycles. The summed E-state index contributed by atoms with van der Waals surface area (Å²) in [7, 11) is 1.92. The third kappa shape index (κ3) is 8.37. The molecule has 162 valence electrons. The van der Waals surface area contributed by atoms with Crippen LogP contribution in [0.2, 0.25) is 0 Å². The Morgan fingerprint density at radius 1 is 1.24 bits per heavy atom. The van der Waals surface area contributed by atoms with Gasteiger partial charge in [-0.25, -0.2) is 4.98 Å². The number of thiazole rings is 1. The zero-order chi connectivity index (χ0) is 20.6. The van der Waals surface area contributed by atoms with Crippen molar-refractivity contribution in [2.24, 2.45) is 4.99 Å². The second kappa shape index (κ2) is 12.2. The Labute approximate surface area is 190 Å². The van der Waals surface area contributed by atoms with Crippen LogP contribution in [0, 0.1) is 0 Å². The summed E-state index contributed by atoms with van der Waals surface area (Å²) >= 11 is 1.01. The number of rotatable bonds is 8. The molecule has 2 rings (SSSR count). The monoisotopic (exact) mass is 542 g/mol. The second-order valence-corrected chi connectivity index (χ2v) is 6.99. The normalized spacial score (nSPS) is 11.7. The summed E-state index contributed by atoms with van der Waals surface area (Å²) in [5.74, 6) is 1.53. The Bertz CT molecular complexity index is 766. The van der Waals surface area contributed by atoms with E-state index >= 15 is 0 Å². The Morgan fingerprint density at radius 2 is 1.93 bits per heavy atom. The van der Waals surface area contributed by atoms with Gasteiger partial charge in [-0.05, 0) is 31.5 Å². The van der Waals surface area contributed by atoms with E-state index in [1.807, 2.05) is 50.1 Å². The van der Waals surface area contributed by atoms with Gasteiger partial charge in [-0.3, -0.25) is 4.99 Å². The fourth-order valence-electron chi connectivity index (χ4n) is 2.49. The number of aromatic nitrogens is 1. The maximum Gasteiger partial charge on any atom is 0.434 e. The largest absolute Gasteiger partial charge is 0.494 e. The van der Waals surface area contributed by atoms with E-state index in [-0.39, 0.29) is 24.0 Å². The molecule has 0 aliphatic heterocycles. The molecule has 29 heavy (non-hydrogen) atoms. The number of alkyl halides is 3. The first-order valence-corrected chi connectivity index (χ1v) is 9.94. The van der Waals surface area contributed by atoms with Crippen LogP contribution < -0.4 is 10.1 Å². The first kappa shape index (κ1) is 25.5. The zero-order valence-corrected chi connectivity index (χ0v) is 19.8. The molecule has 0 amide bonds. The number of aliphatic imine (C=N–C) groups is 1. The highest BCUT2D eigenvalue weighted by Crippen LogP contribution is 2.30. The lowest BCUT2D eigenvalue weighted by molar-refractivity contribution is -0.140. The summed E-state index contributed by atoms with van der Waals surface area (Å²) in [6.45, 7) is 6.24. The SMILES string of the molecule is CCNC(=NCCc1nc(C(F)(F)F)cs1)N(C)Cc1ccc(OCC)cc1.I. The number of ether oxygens (including phenoxy) is 1. The van der Waals surface area contributed by atoms with Crippen molar-refractivity contribution in [1.29, 1.82) is 0 Å². The molecule has 5 nitrogen and oxygen atoms in total. The highest BCUT2D eigenvalue weighted by atomic mass is 127. The van der Waals surface area contributed by atoms with Crippen molar-refractivity contribution < 1.29 is 17.9 Å². The van der Waals surface area contributed by atoms with E-state index in [0.29, 0.717) is 43.6 Å². The Morgan fingerprint density at radius 3 is 2.48 bits per heavy atom. The summed E-state index contributed by atoms with van der Waals surface area (Å²) in [6.07, 6.45) is -4.03.